The molecule has 0 N–H and O–H groups in total. The van der Waals surface area contributed by atoms with Gasteiger partial charge in [-0.2, -0.15) is 13.2 Å². The van der Waals surface area contributed by atoms with Gasteiger partial charge in [0.1, 0.15) is 5.70 Å². The first-order valence-electron chi connectivity index (χ1n) is 7.17. The molecule has 0 bridgehead atoms. The summed E-state index contributed by atoms with van der Waals surface area (Å²) in [5.41, 5.74) is -0.457. The van der Waals surface area contributed by atoms with E-state index in [1.165, 1.54) is 17.4 Å². The van der Waals surface area contributed by atoms with Crippen molar-refractivity contribution in [3.63, 3.8) is 0 Å². The van der Waals surface area contributed by atoms with Crippen molar-refractivity contribution in [1.29, 1.82) is 0 Å². The largest absolute Gasteiger partial charge is 0.430 e. The standard InChI is InChI=1S/C14H22F3NO/c15-14(16,17)13(18-8-10-19-11-9-18)7-6-12-4-2-1-3-5-12/h7,12H,1-6,8-11H2/b13-7+. The highest BCUT2D eigenvalue weighted by molar-refractivity contribution is 5.09. The lowest BCUT2D eigenvalue weighted by molar-refractivity contribution is -0.118. The van der Waals surface area contributed by atoms with Crippen LogP contribution in [0.1, 0.15) is 38.5 Å². The van der Waals surface area contributed by atoms with Gasteiger partial charge in [-0.05, 0) is 12.3 Å². The highest BCUT2D eigenvalue weighted by Crippen LogP contribution is 2.32. The van der Waals surface area contributed by atoms with Crippen LogP contribution in [-0.4, -0.2) is 37.4 Å². The first-order valence-corrected chi connectivity index (χ1v) is 7.17. The van der Waals surface area contributed by atoms with Crippen molar-refractivity contribution in [1.82, 2.24) is 4.90 Å². The zero-order chi connectivity index (χ0) is 13.7. The van der Waals surface area contributed by atoms with E-state index in [2.05, 4.69) is 0 Å². The summed E-state index contributed by atoms with van der Waals surface area (Å²) in [6.07, 6.45) is 3.44. The summed E-state index contributed by atoms with van der Waals surface area (Å²) in [6, 6.07) is 0. The summed E-state index contributed by atoms with van der Waals surface area (Å²) in [4.78, 5) is 1.42. The zero-order valence-electron chi connectivity index (χ0n) is 11.2. The van der Waals surface area contributed by atoms with Crippen LogP contribution in [0.15, 0.2) is 11.8 Å². The van der Waals surface area contributed by atoms with E-state index >= 15 is 0 Å². The Bertz CT molecular complexity index is 302. The van der Waals surface area contributed by atoms with Gasteiger partial charge in [0.2, 0.25) is 0 Å². The van der Waals surface area contributed by atoms with Crippen LogP contribution in [0.25, 0.3) is 0 Å². The molecule has 2 rings (SSSR count). The molecular formula is C14H22F3NO. The van der Waals surface area contributed by atoms with Crippen molar-refractivity contribution in [2.45, 2.75) is 44.7 Å². The Morgan fingerprint density at radius 3 is 2.32 bits per heavy atom. The van der Waals surface area contributed by atoms with Crippen molar-refractivity contribution >= 4 is 0 Å². The smallest absolute Gasteiger partial charge is 0.378 e. The van der Waals surface area contributed by atoms with Crippen LogP contribution in [-0.2, 0) is 4.74 Å². The van der Waals surface area contributed by atoms with Crippen LogP contribution in [0.5, 0.6) is 0 Å². The zero-order valence-corrected chi connectivity index (χ0v) is 11.2. The van der Waals surface area contributed by atoms with E-state index in [9.17, 15) is 13.2 Å². The molecule has 1 saturated carbocycles. The van der Waals surface area contributed by atoms with Crippen molar-refractivity contribution in [2.24, 2.45) is 5.92 Å². The molecule has 19 heavy (non-hydrogen) atoms. The Kier molecular flexibility index (Phi) is 5.13. The molecule has 2 nitrogen and oxygen atoms in total. The molecule has 0 aromatic heterocycles. The monoisotopic (exact) mass is 277 g/mol. The molecule has 0 unspecified atom stereocenters. The molecule has 0 amide bonds. The minimum atomic E-state index is -4.24. The Morgan fingerprint density at radius 2 is 1.74 bits per heavy atom. The van der Waals surface area contributed by atoms with E-state index in [1.807, 2.05) is 0 Å². The fraction of sp³-hybridized carbons (Fsp3) is 0.857. The Labute approximate surface area is 112 Å². The molecule has 2 fully saturated rings. The van der Waals surface area contributed by atoms with Gasteiger partial charge in [-0.1, -0.05) is 38.2 Å². The number of rotatable bonds is 3. The second-order valence-corrected chi connectivity index (χ2v) is 5.43. The normalized spacial score (nSPS) is 23.7. The second-order valence-electron chi connectivity index (χ2n) is 5.43. The number of morpholine rings is 1. The molecule has 1 aliphatic carbocycles. The van der Waals surface area contributed by atoms with E-state index in [4.69, 9.17) is 4.74 Å². The SMILES string of the molecule is FC(F)(F)/C(=C\CC1CCCCC1)N1CCOCC1. The molecule has 0 atom stereocenters. The Hall–Kier alpha value is -0.710. The maximum atomic E-state index is 13.1. The van der Waals surface area contributed by atoms with Gasteiger partial charge in [0.05, 0.1) is 13.2 Å². The van der Waals surface area contributed by atoms with Crippen LogP contribution in [0.3, 0.4) is 0 Å². The number of alkyl halides is 3. The maximum absolute atomic E-state index is 13.1. The third-order valence-electron chi connectivity index (χ3n) is 4.01. The second kappa shape index (κ2) is 6.64. The van der Waals surface area contributed by atoms with E-state index in [0.717, 1.165) is 25.7 Å². The van der Waals surface area contributed by atoms with Gasteiger partial charge in [-0.25, -0.2) is 0 Å². The number of hydrogen-bond acceptors (Lipinski definition) is 2. The summed E-state index contributed by atoms with van der Waals surface area (Å²) in [6.45, 7) is 1.46. The summed E-state index contributed by atoms with van der Waals surface area (Å²) in [5, 5.41) is 0. The van der Waals surface area contributed by atoms with Crippen molar-refractivity contribution in [3.05, 3.63) is 11.8 Å². The third kappa shape index (κ3) is 4.41. The average molecular weight is 277 g/mol. The number of ether oxygens (including phenoxy) is 1. The fourth-order valence-electron chi connectivity index (χ4n) is 2.93. The van der Waals surface area contributed by atoms with E-state index in [-0.39, 0.29) is 0 Å². The molecule has 0 spiro atoms. The lowest BCUT2D eigenvalue weighted by Gasteiger charge is -2.32. The first kappa shape index (κ1) is 14.7. The molecule has 1 heterocycles. The average Bonchev–Trinajstić information content (AvgIpc) is 2.40. The van der Waals surface area contributed by atoms with E-state index < -0.39 is 11.9 Å². The lowest BCUT2D eigenvalue weighted by atomic mass is 9.87. The van der Waals surface area contributed by atoms with Crippen LogP contribution in [0.2, 0.25) is 0 Å². The maximum Gasteiger partial charge on any atom is 0.430 e. The molecule has 0 aromatic carbocycles. The molecule has 5 heteroatoms. The van der Waals surface area contributed by atoms with Crippen LogP contribution >= 0.6 is 0 Å². The number of allylic oxidation sites excluding steroid dienone is 2. The number of halogens is 3. The fourth-order valence-corrected chi connectivity index (χ4v) is 2.93. The Balaban J connectivity index is 1.99. The van der Waals surface area contributed by atoms with Crippen molar-refractivity contribution in [2.75, 3.05) is 26.3 Å². The third-order valence-corrected chi connectivity index (χ3v) is 4.01. The molecule has 110 valence electrons. The topological polar surface area (TPSA) is 12.5 Å². The molecule has 1 aliphatic heterocycles. The molecule has 0 aromatic rings. The van der Waals surface area contributed by atoms with Crippen LogP contribution in [0, 0.1) is 5.92 Å². The quantitative estimate of drug-likeness (QED) is 0.779. The van der Waals surface area contributed by atoms with Gasteiger partial charge < -0.3 is 9.64 Å². The predicted molar refractivity (Wildman–Crippen MR) is 67.7 cm³/mol. The van der Waals surface area contributed by atoms with Crippen LogP contribution < -0.4 is 0 Å². The summed E-state index contributed by atoms with van der Waals surface area (Å²) < 4.78 is 44.4. The van der Waals surface area contributed by atoms with Crippen molar-refractivity contribution in [3.8, 4) is 0 Å². The highest BCUT2D eigenvalue weighted by Gasteiger charge is 2.38. The minimum Gasteiger partial charge on any atom is -0.378 e. The van der Waals surface area contributed by atoms with E-state index in [0.29, 0.717) is 38.6 Å². The van der Waals surface area contributed by atoms with E-state index in [1.54, 1.807) is 0 Å². The molecular weight excluding hydrogens is 255 g/mol. The van der Waals surface area contributed by atoms with Crippen molar-refractivity contribution < 1.29 is 17.9 Å². The lowest BCUT2D eigenvalue weighted by Crippen LogP contribution is -2.40. The van der Waals surface area contributed by atoms with Crippen LogP contribution in [0.4, 0.5) is 13.2 Å². The minimum absolute atomic E-state index is 0.343. The molecule has 2 aliphatic rings. The predicted octanol–water partition coefficient (Wildman–Crippen LogP) is 3.74. The number of hydrogen-bond donors (Lipinski definition) is 0. The summed E-state index contributed by atoms with van der Waals surface area (Å²) in [5.74, 6) is 0.437. The van der Waals surface area contributed by atoms with Gasteiger partial charge in [0, 0.05) is 13.1 Å². The summed E-state index contributed by atoms with van der Waals surface area (Å²) in [7, 11) is 0. The van der Waals surface area contributed by atoms with Gasteiger partial charge in [-0.15, -0.1) is 0 Å². The molecule has 1 saturated heterocycles. The van der Waals surface area contributed by atoms with Gasteiger partial charge in [-0.3, -0.25) is 0 Å². The Morgan fingerprint density at radius 1 is 1.11 bits per heavy atom. The first-order chi connectivity index (χ1) is 9.07. The molecule has 0 radical (unpaired) electrons. The van der Waals surface area contributed by atoms with Gasteiger partial charge in [0.15, 0.2) is 0 Å². The number of nitrogens with zero attached hydrogens (tertiary/aromatic N) is 1. The van der Waals surface area contributed by atoms with Gasteiger partial charge >= 0.3 is 6.18 Å². The summed E-state index contributed by atoms with van der Waals surface area (Å²) >= 11 is 0. The highest BCUT2D eigenvalue weighted by atomic mass is 19.4. The van der Waals surface area contributed by atoms with Gasteiger partial charge in [0.25, 0.3) is 0 Å².